The number of aryl methyl sites for hydroxylation is 1. The molecule has 138 valence electrons. The van der Waals surface area contributed by atoms with Crippen molar-refractivity contribution >= 4 is 21.1 Å². The number of nitrogens with one attached hydrogen (secondary N) is 2. The van der Waals surface area contributed by atoms with Crippen LogP contribution in [0.25, 0.3) is 22.2 Å². The summed E-state index contributed by atoms with van der Waals surface area (Å²) in [7, 11) is 0.442. The van der Waals surface area contributed by atoms with E-state index in [0.29, 0.717) is 11.4 Å². The first-order chi connectivity index (χ1) is 12.4. The second kappa shape index (κ2) is 7.57. The number of hydrogen-bond acceptors (Lipinski definition) is 4. The molecule has 3 rings (SSSR count). The third-order valence-corrected chi connectivity index (χ3v) is 5.75. The summed E-state index contributed by atoms with van der Waals surface area (Å²) in [5.74, 6) is 0. The monoisotopic (exact) mass is 372 g/mol. The Bertz CT molecular complexity index is 1010. The largest absolute Gasteiger partial charge is 0.346 e. The maximum atomic E-state index is 12.5. The molecule has 0 spiro atoms. The summed E-state index contributed by atoms with van der Waals surface area (Å²) >= 11 is 0. The van der Waals surface area contributed by atoms with E-state index < -0.39 is 10.0 Å². The van der Waals surface area contributed by atoms with Crippen LogP contribution in [0.3, 0.4) is 0 Å². The second-order valence-corrected chi connectivity index (χ2v) is 8.44. The fourth-order valence-electron chi connectivity index (χ4n) is 2.90. The van der Waals surface area contributed by atoms with Crippen molar-refractivity contribution in [1.82, 2.24) is 19.6 Å². The minimum absolute atomic E-state index is 0.291. The zero-order valence-electron chi connectivity index (χ0n) is 15.3. The highest BCUT2D eigenvalue weighted by Crippen LogP contribution is 2.27. The third kappa shape index (κ3) is 4.12. The number of benzene rings is 1. The molecule has 0 aliphatic heterocycles. The lowest BCUT2D eigenvalue weighted by Crippen LogP contribution is -2.27. The molecule has 2 heterocycles. The number of rotatable bonds is 7. The van der Waals surface area contributed by atoms with E-state index in [9.17, 15) is 8.42 Å². The van der Waals surface area contributed by atoms with Gasteiger partial charge in [0, 0.05) is 29.9 Å². The molecular formula is C19H24N4O2S. The van der Waals surface area contributed by atoms with Gasteiger partial charge in [0.15, 0.2) is 0 Å². The Labute approximate surface area is 154 Å². The van der Waals surface area contributed by atoms with Gasteiger partial charge in [0.25, 0.3) is 0 Å². The summed E-state index contributed by atoms with van der Waals surface area (Å²) in [5, 5.41) is 1.03. The smallest absolute Gasteiger partial charge is 0.240 e. The Morgan fingerprint density at radius 3 is 2.73 bits per heavy atom. The Hall–Kier alpha value is -2.22. The zero-order valence-corrected chi connectivity index (χ0v) is 16.1. The Morgan fingerprint density at radius 1 is 1.19 bits per heavy atom. The lowest BCUT2D eigenvalue weighted by Gasteiger charge is -2.12. The van der Waals surface area contributed by atoms with Gasteiger partial charge in [0.1, 0.15) is 5.65 Å². The maximum absolute atomic E-state index is 12.5. The molecule has 0 amide bonds. The predicted octanol–water partition coefficient (Wildman–Crippen LogP) is 2.77. The summed E-state index contributed by atoms with van der Waals surface area (Å²) in [6, 6.07) is 9.23. The van der Waals surface area contributed by atoms with E-state index >= 15 is 0 Å². The van der Waals surface area contributed by atoms with Crippen molar-refractivity contribution in [2.24, 2.45) is 0 Å². The SMILES string of the molecule is Cc1cc(S(=O)(=O)NCCCN(C)C)ccc1-c1cnc2[nH]ccc2c1. The summed E-state index contributed by atoms with van der Waals surface area (Å²) in [5.41, 5.74) is 3.69. The van der Waals surface area contributed by atoms with E-state index in [2.05, 4.69) is 20.8 Å². The molecule has 0 aliphatic carbocycles. The molecule has 7 heteroatoms. The lowest BCUT2D eigenvalue weighted by molar-refractivity contribution is 0.400. The van der Waals surface area contributed by atoms with Gasteiger partial charge < -0.3 is 9.88 Å². The molecule has 0 unspecified atom stereocenters. The van der Waals surface area contributed by atoms with E-state index in [1.165, 1.54) is 0 Å². The molecule has 0 saturated carbocycles. The average molecular weight is 372 g/mol. The Balaban J connectivity index is 1.80. The molecule has 0 fully saturated rings. The number of aromatic nitrogens is 2. The molecule has 0 aliphatic rings. The second-order valence-electron chi connectivity index (χ2n) is 6.67. The zero-order chi connectivity index (χ0) is 18.7. The molecule has 0 atom stereocenters. The van der Waals surface area contributed by atoms with Crippen molar-refractivity contribution in [3.8, 4) is 11.1 Å². The summed E-state index contributed by atoms with van der Waals surface area (Å²) in [6.45, 7) is 3.19. The standard InChI is InChI=1S/C19H24N4O2S/c1-14-11-17(26(24,25)22-8-4-10-23(2)3)5-6-18(14)16-12-15-7-9-20-19(15)21-13-16/h5-7,9,11-13,22H,4,8,10H2,1-3H3,(H,20,21). The molecule has 1 aromatic carbocycles. The van der Waals surface area contributed by atoms with Crippen LogP contribution < -0.4 is 4.72 Å². The highest BCUT2D eigenvalue weighted by Gasteiger charge is 2.15. The van der Waals surface area contributed by atoms with Crippen molar-refractivity contribution in [2.75, 3.05) is 27.2 Å². The fourth-order valence-corrected chi connectivity index (χ4v) is 4.06. The number of fused-ring (bicyclic) bond motifs is 1. The third-order valence-electron chi connectivity index (χ3n) is 4.29. The van der Waals surface area contributed by atoms with Gasteiger partial charge in [-0.3, -0.25) is 0 Å². The van der Waals surface area contributed by atoms with Crippen molar-refractivity contribution in [3.63, 3.8) is 0 Å². The van der Waals surface area contributed by atoms with Gasteiger partial charge in [-0.2, -0.15) is 0 Å². The van der Waals surface area contributed by atoms with E-state index in [1.54, 1.807) is 18.3 Å². The predicted molar refractivity (Wildman–Crippen MR) is 105 cm³/mol. The van der Waals surface area contributed by atoms with Gasteiger partial charge in [0.05, 0.1) is 4.90 Å². The first-order valence-corrected chi connectivity index (χ1v) is 10.0. The summed E-state index contributed by atoms with van der Waals surface area (Å²) in [6.07, 6.45) is 4.42. The van der Waals surface area contributed by atoms with Gasteiger partial charge in [-0.05, 0) is 69.4 Å². The van der Waals surface area contributed by atoms with Crippen molar-refractivity contribution in [1.29, 1.82) is 0 Å². The van der Waals surface area contributed by atoms with Crippen molar-refractivity contribution in [2.45, 2.75) is 18.2 Å². The van der Waals surface area contributed by atoms with E-state index in [1.807, 2.05) is 44.2 Å². The minimum Gasteiger partial charge on any atom is -0.346 e. The molecule has 6 nitrogen and oxygen atoms in total. The molecule has 2 aromatic heterocycles. The van der Waals surface area contributed by atoms with Gasteiger partial charge in [-0.1, -0.05) is 6.07 Å². The first-order valence-electron chi connectivity index (χ1n) is 8.55. The van der Waals surface area contributed by atoms with Crippen LogP contribution in [0.4, 0.5) is 0 Å². The topological polar surface area (TPSA) is 78.1 Å². The Morgan fingerprint density at radius 2 is 2.00 bits per heavy atom. The number of nitrogens with zero attached hydrogens (tertiary/aromatic N) is 2. The van der Waals surface area contributed by atoms with Crippen LogP contribution in [0, 0.1) is 6.92 Å². The summed E-state index contributed by atoms with van der Waals surface area (Å²) in [4.78, 5) is 9.80. The number of sulfonamides is 1. The molecule has 26 heavy (non-hydrogen) atoms. The molecule has 3 aromatic rings. The highest BCUT2D eigenvalue weighted by molar-refractivity contribution is 7.89. The molecule has 0 bridgehead atoms. The van der Waals surface area contributed by atoms with Gasteiger partial charge in [-0.15, -0.1) is 0 Å². The van der Waals surface area contributed by atoms with Crippen LogP contribution in [0.5, 0.6) is 0 Å². The minimum atomic E-state index is -3.49. The number of pyridine rings is 1. The summed E-state index contributed by atoms with van der Waals surface area (Å²) < 4.78 is 27.6. The Kier molecular flexibility index (Phi) is 5.41. The number of H-pyrrole nitrogens is 1. The van der Waals surface area contributed by atoms with Crippen LogP contribution in [0.1, 0.15) is 12.0 Å². The van der Waals surface area contributed by atoms with Crippen LogP contribution >= 0.6 is 0 Å². The van der Waals surface area contributed by atoms with Crippen LogP contribution in [0.15, 0.2) is 47.6 Å². The van der Waals surface area contributed by atoms with Crippen LogP contribution in [-0.2, 0) is 10.0 Å². The molecular weight excluding hydrogens is 348 g/mol. The van der Waals surface area contributed by atoms with E-state index in [4.69, 9.17) is 0 Å². The van der Waals surface area contributed by atoms with Crippen LogP contribution in [-0.4, -0.2) is 50.5 Å². The number of aromatic amines is 1. The van der Waals surface area contributed by atoms with Crippen LogP contribution in [0.2, 0.25) is 0 Å². The van der Waals surface area contributed by atoms with Crippen molar-refractivity contribution < 1.29 is 8.42 Å². The van der Waals surface area contributed by atoms with Gasteiger partial charge >= 0.3 is 0 Å². The van der Waals surface area contributed by atoms with Gasteiger partial charge in [-0.25, -0.2) is 18.1 Å². The van der Waals surface area contributed by atoms with Crippen molar-refractivity contribution in [3.05, 3.63) is 48.3 Å². The van der Waals surface area contributed by atoms with E-state index in [0.717, 1.165) is 40.7 Å². The lowest BCUT2D eigenvalue weighted by atomic mass is 10.0. The average Bonchev–Trinajstić information content (AvgIpc) is 3.06. The van der Waals surface area contributed by atoms with Gasteiger partial charge in [0.2, 0.25) is 10.0 Å². The van der Waals surface area contributed by atoms with E-state index in [-0.39, 0.29) is 0 Å². The molecule has 2 N–H and O–H groups in total. The number of hydrogen-bond donors (Lipinski definition) is 2. The fraction of sp³-hybridized carbons (Fsp3) is 0.316. The maximum Gasteiger partial charge on any atom is 0.240 e. The normalized spacial score (nSPS) is 12.2. The first kappa shape index (κ1) is 18.6. The quantitative estimate of drug-likeness (QED) is 0.625. The highest BCUT2D eigenvalue weighted by atomic mass is 32.2. The molecule has 0 saturated heterocycles. The molecule has 0 radical (unpaired) electrons.